The third kappa shape index (κ3) is 3.28. The van der Waals surface area contributed by atoms with Gasteiger partial charge in [0.1, 0.15) is 5.76 Å². The molecule has 0 aliphatic carbocycles. The number of furan rings is 1. The molecule has 0 saturated carbocycles. The molecule has 0 radical (unpaired) electrons. The van der Waals surface area contributed by atoms with Gasteiger partial charge in [-0.15, -0.1) is 0 Å². The summed E-state index contributed by atoms with van der Waals surface area (Å²) in [5.74, 6) is 0.870. The van der Waals surface area contributed by atoms with E-state index in [4.69, 9.17) is 16.0 Å². The summed E-state index contributed by atoms with van der Waals surface area (Å²) >= 11 is 5.62. The van der Waals surface area contributed by atoms with E-state index in [1.807, 2.05) is 6.07 Å². The van der Waals surface area contributed by atoms with Crippen LogP contribution in [0.15, 0.2) is 16.5 Å². The van der Waals surface area contributed by atoms with E-state index in [-0.39, 0.29) is 5.54 Å². The average Bonchev–Trinajstić information content (AvgIpc) is 2.30. The molecule has 1 heterocycles. The van der Waals surface area contributed by atoms with E-state index in [1.165, 1.54) is 0 Å². The van der Waals surface area contributed by atoms with E-state index < -0.39 is 0 Å². The fraction of sp³-hybridized carbons (Fsp3) is 0.556. The number of hydrogen-bond acceptors (Lipinski definition) is 2. The predicted octanol–water partition coefficient (Wildman–Crippen LogP) is 2.82. The fourth-order valence-corrected chi connectivity index (χ4v) is 0.961. The van der Waals surface area contributed by atoms with Crippen LogP contribution in [0.5, 0.6) is 0 Å². The Morgan fingerprint density at radius 2 is 2.08 bits per heavy atom. The van der Waals surface area contributed by atoms with Crippen LogP contribution in [-0.2, 0) is 6.54 Å². The fourth-order valence-electron chi connectivity index (χ4n) is 0.799. The SMILES string of the molecule is CC(C)(C)NCc1ccc(Cl)o1. The lowest BCUT2D eigenvalue weighted by Gasteiger charge is -2.19. The molecule has 0 aliphatic heterocycles. The number of nitrogens with one attached hydrogen (secondary N) is 1. The zero-order chi connectivity index (χ0) is 9.19. The van der Waals surface area contributed by atoms with Crippen LogP contribution in [0, 0.1) is 0 Å². The van der Waals surface area contributed by atoms with Gasteiger partial charge in [-0.3, -0.25) is 0 Å². The van der Waals surface area contributed by atoms with Crippen molar-refractivity contribution in [1.29, 1.82) is 0 Å². The van der Waals surface area contributed by atoms with Gasteiger partial charge in [-0.05, 0) is 44.5 Å². The number of rotatable bonds is 2. The Morgan fingerprint density at radius 1 is 1.42 bits per heavy atom. The van der Waals surface area contributed by atoms with E-state index in [9.17, 15) is 0 Å². The highest BCUT2D eigenvalue weighted by Gasteiger charge is 2.09. The summed E-state index contributed by atoms with van der Waals surface area (Å²) in [6.07, 6.45) is 0. The first-order valence-corrected chi connectivity index (χ1v) is 4.34. The molecule has 1 rings (SSSR count). The molecule has 0 aliphatic rings. The Hall–Kier alpha value is -0.470. The number of hydrogen-bond donors (Lipinski definition) is 1. The van der Waals surface area contributed by atoms with Crippen molar-refractivity contribution in [1.82, 2.24) is 5.32 Å². The van der Waals surface area contributed by atoms with Crippen LogP contribution >= 0.6 is 11.6 Å². The van der Waals surface area contributed by atoms with Gasteiger partial charge in [0.15, 0.2) is 5.22 Å². The van der Waals surface area contributed by atoms with Gasteiger partial charge in [0, 0.05) is 5.54 Å². The minimum atomic E-state index is 0.110. The van der Waals surface area contributed by atoms with Gasteiger partial charge in [0.05, 0.1) is 6.54 Å². The Kier molecular flexibility index (Phi) is 2.80. The lowest BCUT2D eigenvalue weighted by Crippen LogP contribution is -2.34. The van der Waals surface area contributed by atoms with Gasteiger partial charge in [-0.25, -0.2) is 0 Å². The largest absolute Gasteiger partial charge is 0.448 e. The molecule has 0 atom stereocenters. The molecule has 0 unspecified atom stereocenters. The minimum absolute atomic E-state index is 0.110. The van der Waals surface area contributed by atoms with Crippen molar-refractivity contribution in [2.45, 2.75) is 32.9 Å². The maximum absolute atomic E-state index is 5.62. The second-order valence-corrected chi connectivity index (χ2v) is 4.18. The third-order valence-electron chi connectivity index (χ3n) is 1.42. The van der Waals surface area contributed by atoms with Crippen LogP contribution in [0.25, 0.3) is 0 Å². The van der Waals surface area contributed by atoms with Gasteiger partial charge in [-0.1, -0.05) is 0 Å². The van der Waals surface area contributed by atoms with Crippen molar-refractivity contribution in [3.05, 3.63) is 23.1 Å². The molecule has 0 spiro atoms. The summed E-state index contributed by atoms with van der Waals surface area (Å²) in [4.78, 5) is 0. The molecule has 3 heteroatoms. The molecule has 0 fully saturated rings. The van der Waals surface area contributed by atoms with Crippen LogP contribution in [0.3, 0.4) is 0 Å². The predicted molar refractivity (Wildman–Crippen MR) is 50.3 cm³/mol. The quantitative estimate of drug-likeness (QED) is 0.771. The van der Waals surface area contributed by atoms with Gasteiger partial charge in [-0.2, -0.15) is 0 Å². The Bertz CT molecular complexity index is 249. The molecule has 0 amide bonds. The molecule has 1 aromatic rings. The summed E-state index contributed by atoms with van der Waals surface area (Å²) in [7, 11) is 0. The van der Waals surface area contributed by atoms with E-state index in [1.54, 1.807) is 6.07 Å². The van der Waals surface area contributed by atoms with E-state index >= 15 is 0 Å². The maximum Gasteiger partial charge on any atom is 0.193 e. The second kappa shape index (κ2) is 3.50. The van der Waals surface area contributed by atoms with E-state index in [0.717, 1.165) is 12.3 Å². The van der Waals surface area contributed by atoms with E-state index in [2.05, 4.69) is 26.1 Å². The number of halogens is 1. The molecule has 0 bridgehead atoms. The second-order valence-electron chi connectivity index (χ2n) is 3.81. The molecular weight excluding hydrogens is 174 g/mol. The first kappa shape index (κ1) is 9.62. The monoisotopic (exact) mass is 187 g/mol. The molecule has 1 aromatic heterocycles. The molecule has 1 N–H and O–H groups in total. The van der Waals surface area contributed by atoms with Crippen molar-refractivity contribution >= 4 is 11.6 Å². The van der Waals surface area contributed by atoms with Crippen molar-refractivity contribution < 1.29 is 4.42 Å². The molecule has 2 nitrogen and oxygen atoms in total. The first-order chi connectivity index (χ1) is 5.47. The van der Waals surface area contributed by atoms with Crippen molar-refractivity contribution in [2.24, 2.45) is 0 Å². The maximum atomic E-state index is 5.62. The molecule has 0 saturated heterocycles. The summed E-state index contributed by atoms with van der Waals surface area (Å²) in [5.41, 5.74) is 0.110. The van der Waals surface area contributed by atoms with Crippen LogP contribution in [0.1, 0.15) is 26.5 Å². The molecule has 12 heavy (non-hydrogen) atoms. The standard InChI is InChI=1S/C9H14ClNO/c1-9(2,3)11-6-7-4-5-8(10)12-7/h4-5,11H,6H2,1-3H3. The zero-order valence-electron chi connectivity index (χ0n) is 7.65. The van der Waals surface area contributed by atoms with Crippen LogP contribution < -0.4 is 5.32 Å². The lowest BCUT2D eigenvalue weighted by molar-refractivity contribution is 0.389. The Balaban J connectivity index is 2.44. The topological polar surface area (TPSA) is 25.2 Å². The average molecular weight is 188 g/mol. The summed E-state index contributed by atoms with van der Waals surface area (Å²) in [6.45, 7) is 7.04. The highest BCUT2D eigenvalue weighted by molar-refractivity contribution is 6.28. The molecule has 0 aromatic carbocycles. The summed E-state index contributed by atoms with van der Waals surface area (Å²) < 4.78 is 5.18. The van der Waals surface area contributed by atoms with Gasteiger partial charge < -0.3 is 9.73 Å². The van der Waals surface area contributed by atoms with Crippen molar-refractivity contribution in [3.8, 4) is 0 Å². The Labute approximate surface area is 77.9 Å². The normalized spacial score (nSPS) is 12.0. The molecular formula is C9H14ClNO. The Morgan fingerprint density at radius 3 is 2.50 bits per heavy atom. The highest BCUT2D eigenvalue weighted by atomic mass is 35.5. The smallest absolute Gasteiger partial charge is 0.193 e. The zero-order valence-corrected chi connectivity index (χ0v) is 8.40. The third-order valence-corrected chi connectivity index (χ3v) is 1.62. The van der Waals surface area contributed by atoms with Crippen LogP contribution in [0.2, 0.25) is 5.22 Å². The van der Waals surface area contributed by atoms with Crippen LogP contribution in [0.4, 0.5) is 0 Å². The van der Waals surface area contributed by atoms with E-state index in [0.29, 0.717) is 5.22 Å². The summed E-state index contributed by atoms with van der Waals surface area (Å²) in [5, 5.41) is 3.74. The first-order valence-electron chi connectivity index (χ1n) is 3.97. The minimum Gasteiger partial charge on any atom is -0.448 e. The van der Waals surface area contributed by atoms with Crippen molar-refractivity contribution in [2.75, 3.05) is 0 Å². The van der Waals surface area contributed by atoms with Gasteiger partial charge >= 0.3 is 0 Å². The van der Waals surface area contributed by atoms with Gasteiger partial charge in [0.2, 0.25) is 0 Å². The molecule has 68 valence electrons. The van der Waals surface area contributed by atoms with Gasteiger partial charge in [0.25, 0.3) is 0 Å². The summed E-state index contributed by atoms with van der Waals surface area (Å²) in [6, 6.07) is 3.63. The lowest BCUT2D eigenvalue weighted by atomic mass is 10.1. The van der Waals surface area contributed by atoms with Crippen molar-refractivity contribution in [3.63, 3.8) is 0 Å². The van der Waals surface area contributed by atoms with Crippen LogP contribution in [-0.4, -0.2) is 5.54 Å². The highest BCUT2D eigenvalue weighted by Crippen LogP contribution is 2.13.